The van der Waals surface area contributed by atoms with E-state index in [0.29, 0.717) is 13.1 Å². The molecule has 140 valence electrons. The molecule has 0 amide bonds. The zero-order valence-electron chi connectivity index (χ0n) is 15.1. The maximum Gasteiger partial charge on any atom is 0.137 e. The Morgan fingerprint density at radius 1 is 1.30 bits per heavy atom. The number of fused-ring (bicyclic) bond motifs is 1. The van der Waals surface area contributed by atoms with Crippen LogP contribution in [0, 0.1) is 5.92 Å². The molecule has 5 heteroatoms. The summed E-state index contributed by atoms with van der Waals surface area (Å²) in [5.41, 5.74) is 3.44. The van der Waals surface area contributed by atoms with Crippen molar-refractivity contribution in [3.8, 4) is 17.2 Å². The number of benzene rings is 2. The summed E-state index contributed by atoms with van der Waals surface area (Å²) in [6.07, 6.45) is 8.01. The molecule has 1 aliphatic rings. The molecule has 27 heavy (non-hydrogen) atoms. The quantitative estimate of drug-likeness (QED) is 0.283. The fraction of sp³-hybridized carbons (Fsp3) is 0.182. The van der Waals surface area contributed by atoms with Crippen molar-refractivity contribution >= 4 is 28.5 Å². The maximum absolute atomic E-state index is 9.71. The summed E-state index contributed by atoms with van der Waals surface area (Å²) < 4.78 is 11.8. The van der Waals surface area contributed by atoms with E-state index in [9.17, 15) is 5.11 Å². The Balaban J connectivity index is 2.11. The predicted octanol–water partition coefficient (Wildman–Crippen LogP) is 6.54. The molecule has 1 heterocycles. The Morgan fingerprint density at radius 3 is 2.74 bits per heavy atom. The van der Waals surface area contributed by atoms with E-state index in [1.54, 1.807) is 12.1 Å². The third-order valence-corrected chi connectivity index (χ3v) is 5.62. The molecule has 0 bridgehead atoms. The number of hydrogen-bond acceptors (Lipinski definition) is 3. The summed E-state index contributed by atoms with van der Waals surface area (Å²) in [4.78, 5) is 0. The van der Waals surface area contributed by atoms with Gasteiger partial charge in [0.2, 0.25) is 0 Å². The summed E-state index contributed by atoms with van der Waals surface area (Å²) in [7, 11) is 0. The van der Waals surface area contributed by atoms with Gasteiger partial charge in [-0.25, -0.2) is 0 Å². The van der Waals surface area contributed by atoms with Crippen LogP contribution < -0.4 is 9.26 Å². The number of hydrogen-bond donors (Lipinski definition) is 1. The number of halogens is 1. The van der Waals surface area contributed by atoms with Gasteiger partial charge in [-0.2, -0.15) is 0 Å². The molecule has 2 aromatic rings. The number of phenolic OH excluding ortho intramolecular Hbond substituents is 1. The zero-order valence-corrected chi connectivity index (χ0v) is 18.2. The van der Waals surface area contributed by atoms with E-state index >= 15 is 0 Å². The van der Waals surface area contributed by atoms with Crippen molar-refractivity contribution < 1.29 is 14.4 Å². The standard InChI is InChI=1S/C22H22IO3P/c1-3-5-15(6-4-2)20-14-25-21-13-18(26-27-23)11-12-19(21)22(20)16-7-9-17(24)10-8-16/h3-13,20,22,24,27H,1,14H2,2H3/b6-4-,15-5+/t20-,22-/m1/s1. The van der Waals surface area contributed by atoms with Gasteiger partial charge >= 0.3 is 0 Å². The smallest absolute Gasteiger partial charge is 0.137 e. The Kier molecular flexibility index (Phi) is 6.97. The van der Waals surface area contributed by atoms with Crippen molar-refractivity contribution in [2.24, 2.45) is 5.92 Å². The molecule has 0 saturated heterocycles. The average Bonchev–Trinajstić information content (AvgIpc) is 2.68. The van der Waals surface area contributed by atoms with Gasteiger partial charge in [-0.05, 0) is 58.3 Å². The Labute approximate surface area is 175 Å². The SMILES string of the molecule is C=C/C=C(\C=C/C)[C@H]1COc2cc(OPI)ccc2[C@H]1c1ccc(O)cc1. The van der Waals surface area contributed by atoms with E-state index in [0.717, 1.165) is 22.6 Å². The van der Waals surface area contributed by atoms with Crippen LogP contribution in [0.5, 0.6) is 17.2 Å². The molecule has 1 unspecified atom stereocenters. The number of aromatic hydroxyl groups is 1. The Hall–Kier alpha value is -1.78. The lowest BCUT2D eigenvalue weighted by molar-refractivity contribution is 0.229. The van der Waals surface area contributed by atoms with E-state index in [1.807, 2.05) is 49.4 Å². The predicted molar refractivity (Wildman–Crippen MR) is 121 cm³/mol. The molecule has 0 saturated carbocycles. The molecule has 3 nitrogen and oxygen atoms in total. The third-order valence-electron chi connectivity index (χ3n) is 4.65. The highest BCUT2D eigenvalue weighted by molar-refractivity contribution is 14.2. The molecule has 1 N–H and O–H groups in total. The van der Waals surface area contributed by atoms with Crippen LogP contribution in [0.3, 0.4) is 0 Å². The molecule has 0 aliphatic carbocycles. The summed E-state index contributed by atoms with van der Waals surface area (Å²) >= 11 is 2.21. The van der Waals surface area contributed by atoms with E-state index in [4.69, 9.17) is 9.26 Å². The van der Waals surface area contributed by atoms with Gasteiger partial charge in [0.05, 0.1) is 6.61 Å². The molecule has 2 aromatic carbocycles. The Morgan fingerprint density at radius 2 is 2.07 bits per heavy atom. The van der Waals surface area contributed by atoms with Crippen molar-refractivity contribution in [1.82, 2.24) is 0 Å². The topological polar surface area (TPSA) is 38.7 Å². The second kappa shape index (κ2) is 9.43. The van der Waals surface area contributed by atoms with Crippen LogP contribution in [-0.2, 0) is 0 Å². The van der Waals surface area contributed by atoms with E-state index in [1.165, 1.54) is 5.57 Å². The number of rotatable bonds is 6. The van der Waals surface area contributed by atoms with Crippen LogP contribution in [-0.4, -0.2) is 11.7 Å². The van der Waals surface area contributed by atoms with E-state index in [2.05, 4.69) is 40.8 Å². The second-order valence-corrected chi connectivity index (χ2v) is 7.95. The molecule has 0 spiro atoms. The first kappa shape index (κ1) is 20.0. The highest BCUT2D eigenvalue weighted by atomic mass is 127. The molecule has 0 fully saturated rings. The van der Waals surface area contributed by atoms with Crippen molar-refractivity contribution in [3.05, 3.63) is 90.0 Å². The van der Waals surface area contributed by atoms with Crippen molar-refractivity contribution in [2.45, 2.75) is 12.8 Å². The third kappa shape index (κ3) is 4.56. The minimum Gasteiger partial charge on any atom is -0.508 e. The molecular formula is C22H22IO3P. The van der Waals surface area contributed by atoms with Gasteiger partial charge in [0, 0.05) is 23.5 Å². The summed E-state index contributed by atoms with van der Waals surface area (Å²) in [5.74, 6) is 2.21. The molecule has 3 atom stereocenters. The van der Waals surface area contributed by atoms with Gasteiger partial charge < -0.3 is 14.4 Å². The number of allylic oxidation sites excluding steroid dienone is 4. The van der Waals surface area contributed by atoms with Crippen LogP contribution in [0.15, 0.2) is 78.9 Å². The van der Waals surface area contributed by atoms with Crippen LogP contribution in [0.1, 0.15) is 24.0 Å². The number of ether oxygens (including phenoxy) is 1. The van der Waals surface area contributed by atoms with E-state index in [-0.39, 0.29) is 17.6 Å². The fourth-order valence-electron chi connectivity index (χ4n) is 3.51. The summed E-state index contributed by atoms with van der Waals surface area (Å²) in [6.45, 7) is 6.80. The lowest BCUT2D eigenvalue weighted by Gasteiger charge is -2.35. The molecule has 0 radical (unpaired) electrons. The minimum atomic E-state index is 0.118. The van der Waals surface area contributed by atoms with Crippen LogP contribution in [0.2, 0.25) is 0 Å². The van der Waals surface area contributed by atoms with Crippen LogP contribution in [0.25, 0.3) is 0 Å². The van der Waals surface area contributed by atoms with Crippen LogP contribution >= 0.6 is 28.5 Å². The average molecular weight is 492 g/mol. The van der Waals surface area contributed by atoms with Gasteiger partial charge in [0.1, 0.15) is 23.7 Å². The molecular weight excluding hydrogens is 470 g/mol. The van der Waals surface area contributed by atoms with E-state index < -0.39 is 0 Å². The van der Waals surface area contributed by atoms with Crippen LogP contribution in [0.4, 0.5) is 0 Å². The summed E-state index contributed by atoms with van der Waals surface area (Å²) in [5, 5.41) is 9.71. The van der Waals surface area contributed by atoms with Gasteiger partial charge in [0.15, 0.2) is 0 Å². The molecule has 1 aliphatic heterocycles. The molecule has 0 aromatic heterocycles. The first-order valence-electron chi connectivity index (χ1n) is 8.71. The van der Waals surface area contributed by atoms with Crippen molar-refractivity contribution in [2.75, 3.05) is 6.61 Å². The second-order valence-electron chi connectivity index (χ2n) is 6.27. The fourth-order valence-corrected chi connectivity index (χ4v) is 4.49. The lowest BCUT2D eigenvalue weighted by Crippen LogP contribution is -2.28. The Bertz CT molecular complexity index is 858. The van der Waals surface area contributed by atoms with Gasteiger partial charge in [-0.1, -0.05) is 49.1 Å². The molecule has 3 rings (SSSR count). The normalized spacial score (nSPS) is 19.9. The van der Waals surface area contributed by atoms with Crippen molar-refractivity contribution in [1.29, 1.82) is 0 Å². The number of phenols is 1. The first-order chi connectivity index (χ1) is 13.2. The highest BCUT2D eigenvalue weighted by Gasteiger charge is 2.34. The lowest BCUT2D eigenvalue weighted by atomic mass is 9.75. The summed E-state index contributed by atoms with van der Waals surface area (Å²) in [6, 6.07) is 13.5. The zero-order chi connectivity index (χ0) is 19.2. The monoisotopic (exact) mass is 492 g/mol. The first-order valence-corrected chi connectivity index (χ1v) is 12.7. The largest absolute Gasteiger partial charge is 0.508 e. The van der Waals surface area contributed by atoms with Gasteiger partial charge in [-0.3, -0.25) is 0 Å². The van der Waals surface area contributed by atoms with Gasteiger partial charge in [0.25, 0.3) is 0 Å². The minimum absolute atomic E-state index is 0.118. The maximum atomic E-state index is 9.71. The van der Waals surface area contributed by atoms with Gasteiger partial charge in [-0.15, -0.1) is 0 Å². The van der Waals surface area contributed by atoms with Crippen molar-refractivity contribution in [3.63, 3.8) is 0 Å². The highest BCUT2D eigenvalue weighted by Crippen LogP contribution is 2.46.